The molecule has 26 heavy (non-hydrogen) atoms. The summed E-state index contributed by atoms with van der Waals surface area (Å²) in [6, 6.07) is 16.1. The van der Waals surface area contributed by atoms with Crippen LogP contribution in [-0.4, -0.2) is 35.6 Å². The van der Waals surface area contributed by atoms with E-state index in [0.29, 0.717) is 21.5 Å². The molecule has 134 valence electrons. The zero-order valence-electron chi connectivity index (χ0n) is 14.3. The number of amides is 1. The summed E-state index contributed by atoms with van der Waals surface area (Å²) in [7, 11) is 1.15. The van der Waals surface area contributed by atoms with Crippen molar-refractivity contribution in [2.45, 2.75) is 13.1 Å². The molecule has 0 unspecified atom stereocenters. The number of fused-ring (bicyclic) bond motifs is 1. The molecule has 2 aromatic carbocycles. The maximum atomic E-state index is 12.7. The van der Waals surface area contributed by atoms with Crippen LogP contribution in [0.1, 0.15) is 15.9 Å². The monoisotopic (exact) mass is 358 g/mol. The van der Waals surface area contributed by atoms with Gasteiger partial charge in [-0.2, -0.15) is 13.2 Å². The molecule has 6 heteroatoms. The number of benzene rings is 2. The fraction of sp³-hybridized carbons (Fsp3) is 0.200. The van der Waals surface area contributed by atoms with Gasteiger partial charge in [0.1, 0.15) is 6.54 Å². The van der Waals surface area contributed by atoms with Crippen molar-refractivity contribution in [3.8, 4) is 11.3 Å². The van der Waals surface area contributed by atoms with Gasteiger partial charge in [0.05, 0.1) is 16.8 Å². The molecular weight excluding hydrogens is 341 g/mol. The van der Waals surface area contributed by atoms with E-state index in [1.165, 1.54) is 0 Å². The zero-order valence-corrected chi connectivity index (χ0v) is 14.3. The Kier molecular flexibility index (Phi) is 4.68. The number of pyridine rings is 1. The van der Waals surface area contributed by atoms with E-state index in [0.717, 1.165) is 18.2 Å². The van der Waals surface area contributed by atoms with Crippen molar-refractivity contribution in [3.63, 3.8) is 0 Å². The van der Waals surface area contributed by atoms with Gasteiger partial charge in [0, 0.05) is 18.0 Å². The van der Waals surface area contributed by atoms with Crippen molar-refractivity contribution in [2.75, 3.05) is 13.6 Å². The van der Waals surface area contributed by atoms with Crippen LogP contribution in [0, 0.1) is 6.92 Å². The van der Waals surface area contributed by atoms with Gasteiger partial charge in [0.2, 0.25) is 0 Å². The van der Waals surface area contributed by atoms with Gasteiger partial charge in [0.25, 0.3) is 5.91 Å². The fourth-order valence-corrected chi connectivity index (χ4v) is 2.77. The number of carbonyl (C=O) groups excluding carboxylic acids is 1. The number of rotatable bonds is 3. The topological polar surface area (TPSA) is 33.2 Å². The highest BCUT2D eigenvalue weighted by atomic mass is 19.4. The van der Waals surface area contributed by atoms with Crippen LogP contribution in [0.3, 0.4) is 0 Å². The number of aryl methyl sites for hydroxylation is 1. The number of carbonyl (C=O) groups is 1. The van der Waals surface area contributed by atoms with Gasteiger partial charge in [-0.1, -0.05) is 48.0 Å². The largest absolute Gasteiger partial charge is 0.406 e. The Balaban J connectivity index is 2.11. The fourth-order valence-electron chi connectivity index (χ4n) is 2.77. The summed E-state index contributed by atoms with van der Waals surface area (Å²) in [5.41, 5.74) is 3.20. The van der Waals surface area contributed by atoms with Gasteiger partial charge in [-0.25, -0.2) is 4.98 Å². The van der Waals surface area contributed by atoms with Crippen molar-refractivity contribution in [2.24, 2.45) is 0 Å². The number of nitrogens with zero attached hydrogens (tertiary/aromatic N) is 2. The molecule has 0 atom stereocenters. The lowest BCUT2D eigenvalue weighted by Gasteiger charge is -2.20. The van der Waals surface area contributed by atoms with E-state index in [4.69, 9.17) is 0 Å². The van der Waals surface area contributed by atoms with E-state index in [-0.39, 0.29) is 5.56 Å². The van der Waals surface area contributed by atoms with Crippen molar-refractivity contribution < 1.29 is 18.0 Å². The predicted molar refractivity (Wildman–Crippen MR) is 94.9 cm³/mol. The molecule has 0 aliphatic rings. The average molecular weight is 358 g/mol. The van der Waals surface area contributed by atoms with E-state index in [2.05, 4.69) is 4.98 Å². The van der Waals surface area contributed by atoms with Crippen LogP contribution < -0.4 is 0 Å². The molecule has 0 saturated carbocycles. The van der Waals surface area contributed by atoms with Crippen molar-refractivity contribution in [3.05, 3.63) is 65.7 Å². The summed E-state index contributed by atoms with van der Waals surface area (Å²) in [4.78, 5) is 17.9. The maximum Gasteiger partial charge on any atom is 0.406 e. The van der Waals surface area contributed by atoms with Gasteiger partial charge >= 0.3 is 6.18 Å². The van der Waals surface area contributed by atoms with Crippen molar-refractivity contribution >= 4 is 16.8 Å². The Labute approximate surface area is 149 Å². The molecule has 0 saturated heterocycles. The predicted octanol–water partition coefficient (Wildman–Crippen LogP) is 4.84. The number of hydrogen-bond donors (Lipinski definition) is 0. The van der Waals surface area contributed by atoms with E-state index < -0.39 is 18.6 Å². The van der Waals surface area contributed by atoms with E-state index in [1.54, 1.807) is 30.3 Å². The first-order chi connectivity index (χ1) is 12.2. The van der Waals surface area contributed by atoms with Gasteiger partial charge in [-0.15, -0.1) is 0 Å². The van der Waals surface area contributed by atoms with Crippen molar-refractivity contribution in [1.29, 1.82) is 0 Å². The van der Waals surface area contributed by atoms with Gasteiger partial charge in [-0.05, 0) is 19.1 Å². The Morgan fingerprint density at radius 1 is 1.08 bits per heavy atom. The lowest BCUT2D eigenvalue weighted by Crippen LogP contribution is -2.36. The summed E-state index contributed by atoms with van der Waals surface area (Å²) >= 11 is 0. The van der Waals surface area contributed by atoms with E-state index >= 15 is 0 Å². The summed E-state index contributed by atoms with van der Waals surface area (Å²) in [6.07, 6.45) is -4.45. The Hall–Kier alpha value is -2.89. The molecule has 0 fully saturated rings. The smallest absolute Gasteiger partial charge is 0.333 e. The molecule has 3 aromatic rings. The number of halogens is 3. The second-order valence-electron chi connectivity index (χ2n) is 6.21. The maximum absolute atomic E-state index is 12.7. The highest BCUT2D eigenvalue weighted by molar-refractivity contribution is 6.07. The van der Waals surface area contributed by atoms with Crippen LogP contribution in [0.15, 0.2) is 54.6 Å². The molecule has 3 rings (SSSR count). The molecular formula is C20H17F3N2O. The number of hydrogen-bond acceptors (Lipinski definition) is 2. The van der Waals surface area contributed by atoms with Crippen molar-refractivity contribution in [1.82, 2.24) is 9.88 Å². The summed E-state index contributed by atoms with van der Waals surface area (Å²) in [5, 5.41) is 0.530. The van der Waals surface area contributed by atoms with Gasteiger partial charge in [0.15, 0.2) is 0 Å². The summed E-state index contributed by atoms with van der Waals surface area (Å²) < 4.78 is 38.0. The van der Waals surface area contributed by atoms with Crippen LogP contribution in [0.25, 0.3) is 22.2 Å². The highest BCUT2D eigenvalue weighted by Gasteiger charge is 2.32. The standard InChI is InChI=1S/C20H17F3N2O/c1-13-7-9-14(10-8-13)18-11-16(15-5-3-4-6-17(15)24-18)19(26)25(2)12-20(21,22)23/h3-11H,12H2,1-2H3. The minimum absolute atomic E-state index is 0.206. The third-order valence-corrected chi connectivity index (χ3v) is 4.06. The van der Waals surface area contributed by atoms with Gasteiger partial charge in [-0.3, -0.25) is 4.79 Å². The first-order valence-electron chi connectivity index (χ1n) is 8.03. The average Bonchev–Trinajstić information content (AvgIpc) is 2.59. The molecule has 1 heterocycles. The molecule has 1 amide bonds. The molecule has 0 aliphatic carbocycles. The first-order valence-corrected chi connectivity index (χ1v) is 8.03. The second kappa shape index (κ2) is 6.78. The normalized spacial score (nSPS) is 11.6. The van der Waals surface area contributed by atoms with Crippen LogP contribution >= 0.6 is 0 Å². The SMILES string of the molecule is Cc1ccc(-c2cc(C(=O)N(C)CC(F)(F)F)c3ccccc3n2)cc1. The summed E-state index contributed by atoms with van der Waals surface area (Å²) in [5.74, 6) is -0.686. The lowest BCUT2D eigenvalue weighted by atomic mass is 10.0. The third-order valence-electron chi connectivity index (χ3n) is 4.06. The highest BCUT2D eigenvalue weighted by Crippen LogP contribution is 2.27. The van der Waals surface area contributed by atoms with Crippen LogP contribution in [0.2, 0.25) is 0 Å². The Morgan fingerprint density at radius 3 is 2.38 bits per heavy atom. The third kappa shape index (κ3) is 3.85. The molecule has 0 aliphatic heterocycles. The Morgan fingerprint density at radius 2 is 1.73 bits per heavy atom. The number of aromatic nitrogens is 1. The number of alkyl halides is 3. The minimum Gasteiger partial charge on any atom is -0.333 e. The van der Waals surface area contributed by atoms with Crippen LogP contribution in [0.5, 0.6) is 0 Å². The molecule has 0 radical (unpaired) electrons. The quantitative estimate of drug-likeness (QED) is 0.671. The molecule has 1 aromatic heterocycles. The Bertz CT molecular complexity index is 949. The lowest BCUT2D eigenvalue weighted by molar-refractivity contribution is -0.138. The second-order valence-corrected chi connectivity index (χ2v) is 6.21. The minimum atomic E-state index is -4.45. The first kappa shape index (κ1) is 17.9. The molecule has 0 spiro atoms. The van der Waals surface area contributed by atoms with E-state index in [1.807, 2.05) is 31.2 Å². The molecule has 0 N–H and O–H groups in total. The molecule has 0 bridgehead atoms. The van der Waals surface area contributed by atoms with Crippen LogP contribution in [-0.2, 0) is 0 Å². The van der Waals surface area contributed by atoms with E-state index in [9.17, 15) is 18.0 Å². The van der Waals surface area contributed by atoms with Gasteiger partial charge < -0.3 is 4.90 Å². The zero-order chi connectivity index (χ0) is 18.9. The molecule has 3 nitrogen and oxygen atoms in total. The number of para-hydroxylation sites is 1. The summed E-state index contributed by atoms with van der Waals surface area (Å²) in [6.45, 7) is 0.654. The van der Waals surface area contributed by atoms with Crippen LogP contribution in [0.4, 0.5) is 13.2 Å².